The Morgan fingerprint density at radius 3 is 2.71 bits per heavy atom. The zero-order valence-electron chi connectivity index (χ0n) is 9.55. The van der Waals surface area contributed by atoms with Crippen molar-refractivity contribution in [2.45, 2.75) is 13.3 Å². The number of hydrogen-bond donors (Lipinski definition) is 1. The topological polar surface area (TPSA) is 54.4 Å². The van der Waals surface area contributed by atoms with Crippen molar-refractivity contribution in [3.05, 3.63) is 41.5 Å². The molecule has 90 valence electrons. The average molecular weight is 250 g/mol. The van der Waals surface area contributed by atoms with Gasteiger partial charge in [-0.3, -0.25) is 4.79 Å². The van der Waals surface area contributed by atoms with E-state index in [-0.39, 0.29) is 5.12 Å². The number of carbonyl (C=O) groups excluding carboxylic acids is 1. The van der Waals surface area contributed by atoms with E-state index in [2.05, 4.69) is 0 Å². The van der Waals surface area contributed by atoms with Crippen LogP contribution in [-0.2, 0) is 4.79 Å². The monoisotopic (exact) mass is 250 g/mol. The van der Waals surface area contributed by atoms with Crippen molar-refractivity contribution in [1.82, 2.24) is 0 Å². The van der Waals surface area contributed by atoms with Gasteiger partial charge in [0.05, 0.1) is 5.56 Å². The molecule has 0 saturated heterocycles. The maximum atomic E-state index is 10.9. The molecule has 1 aromatic rings. The molecule has 17 heavy (non-hydrogen) atoms. The predicted octanol–water partition coefficient (Wildman–Crippen LogP) is 3.07. The van der Waals surface area contributed by atoms with Crippen LogP contribution in [0.25, 0.3) is 6.08 Å². The van der Waals surface area contributed by atoms with Crippen molar-refractivity contribution >= 4 is 28.9 Å². The fourth-order valence-corrected chi connectivity index (χ4v) is 1.86. The molecule has 0 aliphatic rings. The molecule has 0 radical (unpaired) electrons. The van der Waals surface area contributed by atoms with Gasteiger partial charge in [0, 0.05) is 12.7 Å². The number of hydrogen-bond acceptors (Lipinski definition) is 3. The van der Waals surface area contributed by atoms with Gasteiger partial charge >= 0.3 is 5.97 Å². The van der Waals surface area contributed by atoms with Gasteiger partial charge in [-0.15, -0.1) is 0 Å². The zero-order valence-corrected chi connectivity index (χ0v) is 10.4. The van der Waals surface area contributed by atoms with Crippen LogP contribution in [0.2, 0.25) is 0 Å². The lowest BCUT2D eigenvalue weighted by Crippen LogP contribution is -1.98. The Morgan fingerprint density at radius 2 is 2.06 bits per heavy atom. The summed E-state index contributed by atoms with van der Waals surface area (Å²) in [7, 11) is 0. The molecule has 1 rings (SSSR count). The van der Waals surface area contributed by atoms with Crippen molar-refractivity contribution in [2.75, 3.05) is 5.75 Å². The van der Waals surface area contributed by atoms with E-state index in [4.69, 9.17) is 5.11 Å². The van der Waals surface area contributed by atoms with Gasteiger partial charge in [0.25, 0.3) is 0 Å². The number of carboxylic acids is 1. The lowest BCUT2D eigenvalue weighted by atomic mass is 10.1. The lowest BCUT2D eigenvalue weighted by molar-refractivity contribution is -0.109. The fourth-order valence-electron chi connectivity index (χ4n) is 1.32. The standard InChI is InChI=1S/C13H14O3S/c1-10(14)17-9-5-4-7-11-6-2-3-8-12(11)13(15)16/h2-4,6-8H,5,9H2,1H3,(H,15,16). The van der Waals surface area contributed by atoms with Crippen LogP contribution in [0.5, 0.6) is 0 Å². The minimum Gasteiger partial charge on any atom is -0.478 e. The molecule has 0 spiro atoms. The van der Waals surface area contributed by atoms with Gasteiger partial charge in [0.1, 0.15) is 0 Å². The molecule has 3 nitrogen and oxygen atoms in total. The van der Waals surface area contributed by atoms with Crippen molar-refractivity contribution in [3.8, 4) is 0 Å². The highest BCUT2D eigenvalue weighted by Gasteiger charge is 2.05. The first-order valence-corrected chi connectivity index (χ1v) is 6.22. The summed E-state index contributed by atoms with van der Waals surface area (Å²) in [5.74, 6) is -0.204. The third-order valence-electron chi connectivity index (χ3n) is 2.08. The number of carboxylic acid groups (broad SMARTS) is 1. The van der Waals surface area contributed by atoms with Gasteiger partial charge in [0.15, 0.2) is 5.12 Å². The summed E-state index contributed by atoms with van der Waals surface area (Å²) in [5.41, 5.74) is 0.982. The van der Waals surface area contributed by atoms with Gasteiger partial charge in [-0.25, -0.2) is 4.79 Å². The predicted molar refractivity (Wildman–Crippen MR) is 70.2 cm³/mol. The maximum absolute atomic E-state index is 10.9. The molecular formula is C13H14O3S. The van der Waals surface area contributed by atoms with E-state index in [0.29, 0.717) is 11.1 Å². The number of carbonyl (C=O) groups is 2. The molecule has 0 aliphatic carbocycles. The van der Waals surface area contributed by atoms with Crippen molar-refractivity contribution < 1.29 is 14.7 Å². The molecule has 0 saturated carbocycles. The van der Waals surface area contributed by atoms with Crippen LogP contribution in [0.4, 0.5) is 0 Å². The van der Waals surface area contributed by atoms with E-state index in [1.807, 2.05) is 6.08 Å². The molecular weight excluding hydrogens is 236 g/mol. The van der Waals surface area contributed by atoms with E-state index in [1.54, 1.807) is 30.3 Å². The molecule has 1 aromatic carbocycles. The number of allylic oxidation sites excluding steroid dienone is 1. The Morgan fingerprint density at radius 1 is 1.35 bits per heavy atom. The number of rotatable bonds is 5. The van der Waals surface area contributed by atoms with Crippen molar-refractivity contribution in [2.24, 2.45) is 0 Å². The van der Waals surface area contributed by atoms with E-state index in [0.717, 1.165) is 12.2 Å². The summed E-state index contributed by atoms with van der Waals surface area (Å²) in [6, 6.07) is 6.84. The van der Waals surface area contributed by atoms with Crippen LogP contribution in [0.1, 0.15) is 29.3 Å². The van der Waals surface area contributed by atoms with Gasteiger partial charge in [-0.05, 0) is 18.1 Å². The number of thioether (sulfide) groups is 1. The van der Waals surface area contributed by atoms with Gasteiger partial charge < -0.3 is 5.11 Å². The Labute approximate surface area is 105 Å². The maximum Gasteiger partial charge on any atom is 0.336 e. The van der Waals surface area contributed by atoms with Gasteiger partial charge in [-0.2, -0.15) is 0 Å². The minimum atomic E-state index is -0.927. The van der Waals surface area contributed by atoms with Crippen LogP contribution in [0.15, 0.2) is 30.3 Å². The van der Waals surface area contributed by atoms with E-state index < -0.39 is 5.97 Å². The molecule has 0 aliphatic heterocycles. The SMILES string of the molecule is CC(=O)SCCC=Cc1ccccc1C(=O)O. The highest BCUT2D eigenvalue weighted by atomic mass is 32.2. The third kappa shape index (κ3) is 4.87. The van der Waals surface area contributed by atoms with Crippen molar-refractivity contribution in [3.63, 3.8) is 0 Å². The summed E-state index contributed by atoms with van der Waals surface area (Å²) in [6.07, 6.45) is 4.42. The summed E-state index contributed by atoms with van der Waals surface area (Å²) < 4.78 is 0. The number of benzene rings is 1. The van der Waals surface area contributed by atoms with Gasteiger partial charge in [0.2, 0.25) is 0 Å². The van der Waals surface area contributed by atoms with Gasteiger partial charge in [-0.1, -0.05) is 42.1 Å². The lowest BCUT2D eigenvalue weighted by Gasteiger charge is -1.99. The molecule has 0 amide bonds. The normalized spacial score (nSPS) is 10.6. The van der Waals surface area contributed by atoms with Crippen molar-refractivity contribution in [1.29, 1.82) is 0 Å². The summed E-state index contributed by atoms with van der Waals surface area (Å²) in [5, 5.41) is 9.06. The second-order valence-corrected chi connectivity index (χ2v) is 4.70. The zero-order chi connectivity index (χ0) is 12.7. The van der Waals surface area contributed by atoms with Crippen LogP contribution in [0.3, 0.4) is 0 Å². The van der Waals surface area contributed by atoms with Crippen LogP contribution in [0, 0.1) is 0 Å². The molecule has 0 aromatic heterocycles. The highest BCUT2D eigenvalue weighted by molar-refractivity contribution is 8.13. The first-order chi connectivity index (χ1) is 8.11. The number of aromatic carboxylic acids is 1. The minimum absolute atomic E-state index is 0.101. The van der Waals surface area contributed by atoms with Crippen LogP contribution in [-0.4, -0.2) is 21.9 Å². The first-order valence-electron chi connectivity index (χ1n) is 5.23. The third-order valence-corrected chi connectivity index (χ3v) is 2.92. The molecule has 0 heterocycles. The largest absolute Gasteiger partial charge is 0.478 e. The Bertz CT molecular complexity index is 438. The Hall–Kier alpha value is -1.55. The smallest absolute Gasteiger partial charge is 0.336 e. The highest BCUT2D eigenvalue weighted by Crippen LogP contribution is 2.12. The molecule has 0 bridgehead atoms. The Balaban J connectivity index is 2.59. The molecule has 0 unspecified atom stereocenters. The Kier molecular flexibility index (Phi) is 5.49. The van der Waals surface area contributed by atoms with E-state index >= 15 is 0 Å². The summed E-state index contributed by atoms with van der Waals surface area (Å²) in [6.45, 7) is 1.54. The first kappa shape index (κ1) is 13.5. The molecule has 1 N–H and O–H groups in total. The quantitative estimate of drug-likeness (QED) is 0.816. The second kappa shape index (κ2) is 6.91. The van der Waals surface area contributed by atoms with E-state index in [1.165, 1.54) is 18.7 Å². The average Bonchev–Trinajstić information content (AvgIpc) is 2.28. The fraction of sp³-hybridized carbons (Fsp3) is 0.231. The second-order valence-electron chi connectivity index (χ2n) is 3.42. The molecule has 4 heteroatoms. The van der Waals surface area contributed by atoms with E-state index in [9.17, 15) is 9.59 Å². The molecule has 0 fully saturated rings. The summed E-state index contributed by atoms with van der Waals surface area (Å²) in [4.78, 5) is 21.6. The molecule has 0 atom stereocenters. The van der Waals surface area contributed by atoms with Crippen LogP contribution < -0.4 is 0 Å². The summed E-state index contributed by atoms with van der Waals surface area (Å²) >= 11 is 1.27. The van der Waals surface area contributed by atoms with Crippen LogP contribution >= 0.6 is 11.8 Å².